The van der Waals surface area contributed by atoms with Crippen LogP contribution in [-0.4, -0.2) is 9.13 Å². The van der Waals surface area contributed by atoms with E-state index >= 15 is 0 Å². The number of fused-ring (bicyclic) bond motifs is 13. The number of rotatable bonds is 3. The number of hydrogen-bond donors (Lipinski definition) is 0. The van der Waals surface area contributed by atoms with Crippen molar-refractivity contribution in [1.82, 2.24) is 9.13 Å². The average molecular weight is 683 g/mol. The molecule has 0 saturated heterocycles. The monoisotopic (exact) mass is 682 g/mol. The zero-order valence-corrected chi connectivity index (χ0v) is 28.9. The molecule has 11 aromatic rings. The second kappa shape index (κ2) is 10.6. The lowest BCUT2D eigenvalue weighted by atomic mass is 10.0. The second-order valence-electron chi connectivity index (χ2n) is 14.0. The Balaban J connectivity index is 1.11. The lowest BCUT2D eigenvalue weighted by Gasteiger charge is -2.18. The van der Waals surface area contributed by atoms with Crippen LogP contribution in [0.15, 0.2) is 168 Å². The van der Waals surface area contributed by atoms with Crippen molar-refractivity contribution in [2.24, 2.45) is 0 Å². The molecular weight excluding hydrogens is 653 g/mol. The first-order valence-corrected chi connectivity index (χ1v) is 18.8. The van der Waals surface area contributed by atoms with E-state index in [-0.39, 0.29) is 0 Å². The number of benzene rings is 7. The third-order valence-electron chi connectivity index (χ3n) is 11.2. The minimum atomic E-state index is 0.312. The summed E-state index contributed by atoms with van der Waals surface area (Å²) in [4.78, 5) is 0. The number of para-hydroxylation sites is 3. The van der Waals surface area contributed by atoms with Crippen LogP contribution in [0, 0.1) is 0 Å². The van der Waals surface area contributed by atoms with E-state index in [1.807, 2.05) is 11.3 Å². The maximum absolute atomic E-state index is 6.63. The van der Waals surface area contributed by atoms with E-state index in [0.717, 1.165) is 28.4 Å². The van der Waals surface area contributed by atoms with Crippen LogP contribution < -0.4 is 0 Å². The SMILES string of the molecule is C1=CCC(n2c3ccccc3c3cc(-c4ccc5c(c4)c4ccccc4n5-c4cc5c6ccccc6oc5c5c4sc4ccccc45)ccc32)C=C1. The Bertz CT molecular complexity index is 3340. The van der Waals surface area contributed by atoms with Gasteiger partial charge in [-0.25, -0.2) is 0 Å². The molecule has 4 heterocycles. The largest absolute Gasteiger partial charge is 0.455 e. The summed E-state index contributed by atoms with van der Waals surface area (Å²) in [5.41, 5.74) is 10.5. The maximum Gasteiger partial charge on any atom is 0.144 e. The number of thiophene rings is 1. The van der Waals surface area contributed by atoms with Crippen molar-refractivity contribution < 1.29 is 4.42 Å². The van der Waals surface area contributed by atoms with E-state index in [4.69, 9.17) is 4.42 Å². The number of aromatic nitrogens is 2. The Hall–Kier alpha value is -6.36. The predicted molar refractivity (Wildman–Crippen MR) is 221 cm³/mol. The van der Waals surface area contributed by atoms with Crippen molar-refractivity contribution in [1.29, 1.82) is 0 Å². The molecule has 244 valence electrons. The zero-order valence-electron chi connectivity index (χ0n) is 28.1. The van der Waals surface area contributed by atoms with Crippen LogP contribution >= 0.6 is 11.3 Å². The van der Waals surface area contributed by atoms with Crippen LogP contribution in [0.2, 0.25) is 0 Å². The molecule has 4 aromatic heterocycles. The number of nitrogens with zero attached hydrogens (tertiary/aromatic N) is 2. The van der Waals surface area contributed by atoms with Gasteiger partial charge in [-0.15, -0.1) is 11.3 Å². The minimum absolute atomic E-state index is 0.312. The highest BCUT2D eigenvalue weighted by atomic mass is 32.1. The average Bonchev–Trinajstić information content (AvgIpc) is 3.95. The van der Waals surface area contributed by atoms with Gasteiger partial charge in [0, 0.05) is 58.8 Å². The van der Waals surface area contributed by atoms with Gasteiger partial charge in [-0.2, -0.15) is 0 Å². The van der Waals surface area contributed by atoms with Gasteiger partial charge in [0.15, 0.2) is 0 Å². The summed E-state index contributed by atoms with van der Waals surface area (Å²) in [6.45, 7) is 0. The molecular formula is C48H30N2OS. The van der Waals surface area contributed by atoms with Gasteiger partial charge in [0.2, 0.25) is 0 Å². The second-order valence-corrected chi connectivity index (χ2v) is 15.0. The molecule has 1 aliphatic carbocycles. The molecule has 7 aromatic carbocycles. The lowest BCUT2D eigenvalue weighted by molar-refractivity contribution is 0.648. The minimum Gasteiger partial charge on any atom is -0.455 e. The van der Waals surface area contributed by atoms with Gasteiger partial charge in [0.05, 0.1) is 27.5 Å². The fraction of sp³-hybridized carbons (Fsp3) is 0.0417. The summed E-state index contributed by atoms with van der Waals surface area (Å²) < 4.78 is 14.1. The first-order valence-electron chi connectivity index (χ1n) is 18.0. The number of hydrogen-bond acceptors (Lipinski definition) is 2. The summed E-state index contributed by atoms with van der Waals surface area (Å²) in [5.74, 6) is 0. The third kappa shape index (κ3) is 3.85. The Labute approximate surface area is 302 Å². The van der Waals surface area contributed by atoms with Crippen LogP contribution in [0.1, 0.15) is 12.5 Å². The first kappa shape index (κ1) is 28.3. The van der Waals surface area contributed by atoms with Crippen LogP contribution in [0.25, 0.3) is 103 Å². The summed E-state index contributed by atoms with van der Waals surface area (Å²) >= 11 is 1.85. The van der Waals surface area contributed by atoms with Gasteiger partial charge in [-0.3, -0.25) is 0 Å². The smallest absolute Gasteiger partial charge is 0.144 e. The van der Waals surface area contributed by atoms with Crippen LogP contribution in [0.5, 0.6) is 0 Å². The number of furan rings is 1. The van der Waals surface area contributed by atoms with Crippen molar-refractivity contribution in [2.45, 2.75) is 12.5 Å². The van der Waals surface area contributed by atoms with Gasteiger partial charge < -0.3 is 13.6 Å². The summed E-state index contributed by atoms with van der Waals surface area (Å²) in [6.07, 6.45) is 9.92. The molecule has 4 heteroatoms. The molecule has 1 aliphatic rings. The lowest BCUT2D eigenvalue weighted by Crippen LogP contribution is -2.06. The van der Waals surface area contributed by atoms with Crippen molar-refractivity contribution in [3.63, 3.8) is 0 Å². The zero-order chi connectivity index (χ0) is 33.9. The molecule has 0 bridgehead atoms. The van der Waals surface area contributed by atoms with Crippen LogP contribution in [-0.2, 0) is 0 Å². The maximum atomic E-state index is 6.63. The van der Waals surface area contributed by atoms with Crippen LogP contribution in [0.4, 0.5) is 0 Å². The highest BCUT2D eigenvalue weighted by molar-refractivity contribution is 7.26. The molecule has 1 atom stereocenters. The Morgan fingerprint density at radius 1 is 0.538 bits per heavy atom. The van der Waals surface area contributed by atoms with Gasteiger partial charge >= 0.3 is 0 Å². The molecule has 12 rings (SSSR count). The van der Waals surface area contributed by atoms with Gasteiger partial charge in [-0.05, 0) is 72.1 Å². The van der Waals surface area contributed by atoms with E-state index < -0.39 is 0 Å². The molecule has 1 unspecified atom stereocenters. The molecule has 0 fully saturated rings. The highest BCUT2D eigenvalue weighted by Gasteiger charge is 2.23. The Morgan fingerprint density at radius 2 is 1.17 bits per heavy atom. The van der Waals surface area contributed by atoms with Crippen molar-refractivity contribution in [2.75, 3.05) is 0 Å². The molecule has 0 N–H and O–H groups in total. The molecule has 0 aliphatic heterocycles. The summed E-state index contributed by atoms with van der Waals surface area (Å²) in [7, 11) is 0. The fourth-order valence-electron chi connectivity index (χ4n) is 8.92. The molecule has 0 saturated carbocycles. The van der Waals surface area contributed by atoms with Gasteiger partial charge in [0.25, 0.3) is 0 Å². The van der Waals surface area contributed by atoms with E-state index in [9.17, 15) is 0 Å². The van der Waals surface area contributed by atoms with E-state index in [1.54, 1.807) is 0 Å². The Kier molecular flexibility index (Phi) is 5.77. The van der Waals surface area contributed by atoms with Crippen LogP contribution in [0.3, 0.4) is 0 Å². The number of allylic oxidation sites excluding steroid dienone is 4. The van der Waals surface area contributed by atoms with E-state index in [2.05, 4.69) is 173 Å². The fourth-order valence-corrected chi connectivity index (χ4v) is 10.1. The molecule has 52 heavy (non-hydrogen) atoms. The van der Waals surface area contributed by atoms with Crippen molar-refractivity contribution in [3.8, 4) is 16.8 Å². The first-order chi connectivity index (χ1) is 25.8. The topological polar surface area (TPSA) is 23.0 Å². The van der Waals surface area contributed by atoms with Gasteiger partial charge in [-0.1, -0.05) is 109 Å². The standard InChI is InChI=1S/C48H30N2OS/c1-2-12-31(13-3-1)49-39-18-8-4-14-32(39)36-26-29(22-24-41(36)49)30-23-25-42-37(27-30)33-15-5-9-19-40(33)50(42)43-28-38-34-16-6-10-20-44(34)51-47(38)46-35-17-7-11-21-45(35)52-48(43)46/h1-12,14-28,31H,13H2. The summed E-state index contributed by atoms with van der Waals surface area (Å²) in [6, 6.07) is 51.6. The quantitative estimate of drug-likeness (QED) is 0.182. The normalized spacial score (nSPS) is 14.9. The van der Waals surface area contributed by atoms with E-state index in [0.29, 0.717) is 6.04 Å². The van der Waals surface area contributed by atoms with Crippen molar-refractivity contribution in [3.05, 3.63) is 164 Å². The van der Waals surface area contributed by atoms with Crippen molar-refractivity contribution >= 4 is 97.1 Å². The third-order valence-corrected chi connectivity index (χ3v) is 12.4. The molecule has 0 radical (unpaired) electrons. The predicted octanol–water partition coefficient (Wildman–Crippen LogP) is 13.9. The molecule has 0 amide bonds. The Morgan fingerprint density at radius 3 is 1.98 bits per heavy atom. The molecule has 0 spiro atoms. The summed E-state index contributed by atoms with van der Waals surface area (Å²) in [5, 5.41) is 9.83. The molecule has 3 nitrogen and oxygen atoms in total. The van der Waals surface area contributed by atoms with E-state index in [1.165, 1.54) is 80.6 Å². The van der Waals surface area contributed by atoms with Gasteiger partial charge in [0.1, 0.15) is 11.2 Å². The highest BCUT2D eigenvalue weighted by Crippen LogP contribution is 2.47.